The second kappa shape index (κ2) is 9.87. The number of aryl methyl sites for hydroxylation is 3. The van der Waals surface area contributed by atoms with Crippen molar-refractivity contribution in [2.24, 2.45) is 4.99 Å². The van der Waals surface area contributed by atoms with Gasteiger partial charge in [0.25, 0.3) is 0 Å². The summed E-state index contributed by atoms with van der Waals surface area (Å²) in [5.74, 6) is 1.94. The van der Waals surface area contributed by atoms with E-state index in [0.717, 1.165) is 56.1 Å². The summed E-state index contributed by atoms with van der Waals surface area (Å²) in [6, 6.07) is 6.91. The standard InChI is InChI=1S/C20H28N6S.HI/c1-3-18-23-20(27-24-18)26-11-9-25(10-12-26)19(21-2)22-14-15-7-8-16-5-4-6-17(16)13-15;/h7-8,13H,3-6,9-12,14H2,1-2H3,(H,21,22);1H. The van der Waals surface area contributed by atoms with E-state index in [9.17, 15) is 0 Å². The highest BCUT2D eigenvalue weighted by atomic mass is 127. The van der Waals surface area contributed by atoms with Crippen LogP contribution in [0, 0.1) is 0 Å². The fraction of sp³-hybridized carbons (Fsp3) is 0.550. The molecule has 4 rings (SSSR count). The highest BCUT2D eigenvalue weighted by Gasteiger charge is 2.22. The van der Waals surface area contributed by atoms with E-state index in [1.807, 2.05) is 7.05 Å². The Morgan fingerprint density at radius 3 is 2.68 bits per heavy atom. The first kappa shape index (κ1) is 21.3. The number of hydrogen-bond donors (Lipinski definition) is 1. The maximum atomic E-state index is 4.62. The van der Waals surface area contributed by atoms with Crippen LogP contribution in [0.2, 0.25) is 0 Å². The fourth-order valence-electron chi connectivity index (χ4n) is 3.87. The van der Waals surface area contributed by atoms with Crippen molar-refractivity contribution in [1.29, 1.82) is 0 Å². The van der Waals surface area contributed by atoms with Crippen molar-refractivity contribution < 1.29 is 0 Å². The number of fused-ring (bicyclic) bond motifs is 1. The van der Waals surface area contributed by atoms with Crippen molar-refractivity contribution in [3.05, 3.63) is 40.7 Å². The van der Waals surface area contributed by atoms with Crippen LogP contribution in [0.15, 0.2) is 23.2 Å². The maximum absolute atomic E-state index is 4.62. The van der Waals surface area contributed by atoms with Gasteiger partial charge in [-0.1, -0.05) is 25.1 Å². The van der Waals surface area contributed by atoms with Gasteiger partial charge in [-0.05, 0) is 36.0 Å². The normalized spacial score (nSPS) is 16.7. The summed E-state index contributed by atoms with van der Waals surface area (Å²) in [5, 5.41) is 4.60. The molecule has 1 saturated heterocycles. The van der Waals surface area contributed by atoms with Crippen molar-refractivity contribution in [2.45, 2.75) is 39.2 Å². The third-order valence-electron chi connectivity index (χ3n) is 5.45. The van der Waals surface area contributed by atoms with E-state index in [-0.39, 0.29) is 24.0 Å². The van der Waals surface area contributed by atoms with Gasteiger partial charge in [0.2, 0.25) is 5.13 Å². The van der Waals surface area contributed by atoms with Crippen molar-refractivity contribution >= 4 is 46.6 Å². The Bertz CT molecular complexity index is 813. The van der Waals surface area contributed by atoms with Crippen LogP contribution >= 0.6 is 35.5 Å². The van der Waals surface area contributed by atoms with Gasteiger partial charge in [-0.15, -0.1) is 24.0 Å². The predicted molar refractivity (Wildman–Crippen MR) is 127 cm³/mol. The van der Waals surface area contributed by atoms with Gasteiger partial charge in [0, 0.05) is 57.7 Å². The number of benzene rings is 1. The lowest BCUT2D eigenvalue weighted by molar-refractivity contribution is 0.372. The first-order chi connectivity index (χ1) is 13.3. The van der Waals surface area contributed by atoms with Gasteiger partial charge in [0.1, 0.15) is 5.82 Å². The van der Waals surface area contributed by atoms with E-state index in [1.165, 1.54) is 47.5 Å². The number of guanidine groups is 1. The molecule has 1 aliphatic heterocycles. The smallest absolute Gasteiger partial charge is 0.205 e. The van der Waals surface area contributed by atoms with E-state index < -0.39 is 0 Å². The SMILES string of the molecule is CCc1nsc(N2CCN(C(=NC)NCc3ccc4c(c3)CCC4)CC2)n1.I. The van der Waals surface area contributed by atoms with Gasteiger partial charge < -0.3 is 15.1 Å². The largest absolute Gasteiger partial charge is 0.352 e. The molecule has 1 fully saturated rings. The van der Waals surface area contributed by atoms with E-state index in [2.05, 4.69) is 54.6 Å². The van der Waals surface area contributed by atoms with Crippen LogP contribution in [0.25, 0.3) is 0 Å². The molecular formula is C20H29IN6S. The van der Waals surface area contributed by atoms with Gasteiger partial charge in [0.15, 0.2) is 5.96 Å². The molecule has 1 aliphatic carbocycles. The molecule has 1 aromatic heterocycles. The highest BCUT2D eigenvalue weighted by Crippen LogP contribution is 2.23. The number of halogens is 1. The van der Waals surface area contributed by atoms with Crippen LogP contribution in [-0.4, -0.2) is 53.4 Å². The quantitative estimate of drug-likeness (QED) is 0.388. The second-order valence-electron chi connectivity index (χ2n) is 7.18. The average Bonchev–Trinajstić information content (AvgIpc) is 3.38. The number of aliphatic imine (C=N–C) groups is 1. The molecule has 2 aromatic rings. The summed E-state index contributed by atoms with van der Waals surface area (Å²) in [6.07, 6.45) is 4.66. The Labute approximate surface area is 188 Å². The number of nitrogens with one attached hydrogen (secondary N) is 1. The number of rotatable bonds is 4. The van der Waals surface area contributed by atoms with Gasteiger partial charge in [-0.3, -0.25) is 4.99 Å². The van der Waals surface area contributed by atoms with Crippen molar-refractivity contribution in [3.63, 3.8) is 0 Å². The minimum absolute atomic E-state index is 0. The van der Waals surface area contributed by atoms with E-state index in [1.54, 1.807) is 0 Å². The molecule has 0 radical (unpaired) electrons. The highest BCUT2D eigenvalue weighted by molar-refractivity contribution is 14.0. The molecule has 1 aromatic carbocycles. The zero-order valence-electron chi connectivity index (χ0n) is 16.6. The third-order valence-corrected chi connectivity index (χ3v) is 6.26. The monoisotopic (exact) mass is 512 g/mol. The second-order valence-corrected chi connectivity index (χ2v) is 7.91. The number of nitrogens with zero attached hydrogens (tertiary/aromatic N) is 5. The molecule has 2 heterocycles. The molecule has 0 saturated carbocycles. The first-order valence-corrected chi connectivity index (χ1v) is 10.7. The summed E-state index contributed by atoms with van der Waals surface area (Å²) in [6.45, 7) is 6.74. The lowest BCUT2D eigenvalue weighted by Gasteiger charge is -2.36. The maximum Gasteiger partial charge on any atom is 0.205 e. The number of hydrogen-bond acceptors (Lipinski definition) is 5. The minimum Gasteiger partial charge on any atom is -0.352 e. The topological polar surface area (TPSA) is 56.7 Å². The Balaban J connectivity index is 0.00000225. The van der Waals surface area contributed by atoms with Crippen molar-refractivity contribution in [2.75, 3.05) is 38.1 Å². The molecule has 152 valence electrons. The lowest BCUT2D eigenvalue weighted by atomic mass is 10.1. The van der Waals surface area contributed by atoms with Crippen LogP contribution in [-0.2, 0) is 25.8 Å². The number of aromatic nitrogens is 2. The molecule has 2 aliphatic rings. The van der Waals surface area contributed by atoms with Crippen LogP contribution < -0.4 is 10.2 Å². The molecule has 0 atom stereocenters. The summed E-state index contributed by atoms with van der Waals surface area (Å²) in [5.41, 5.74) is 4.40. The van der Waals surface area contributed by atoms with Gasteiger partial charge in [-0.25, -0.2) is 4.98 Å². The molecule has 1 N–H and O–H groups in total. The molecule has 0 spiro atoms. The van der Waals surface area contributed by atoms with Crippen molar-refractivity contribution in [1.82, 2.24) is 19.6 Å². The average molecular weight is 512 g/mol. The molecule has 0 amide bonds. The Hall–Kier alpha value is -1.42. The van der Waals surface area contributed by atoms with Crippen LogP contribution in [0.1, 0.15) is 35.9 Å². The predicted octanol–water partition coefficient (Wildman–Crippen LogP) is 3.10. The summed E-state index contributed by atoms with van der Waals surface area (Å²) >= 11 is 1.51. The Morgan fingerprint density at radius 2 is 1.96 bits per heavy atom. The summed E-state index contributed by atoms with van der Waals surface area (Å²) < 4.78 is 4.41. The number of anilines is 1. The summed E-state index contributed by atoms with van der Waals surface area (Å²) in [4.78, 5) is 13.8. The van der Waals surface area contributed by atoms with Crippen LogP contribution in [0.4, 0.5) is 5.13 Å². The third kappa shape index (κ3) is 4.76. The van der Waals surface area contributed by atoms with Crippen LogP contribution in [0.3, 0.4) is 0 Å². The van der Waals surface area contributed by atoms with E-state index >= 15 is 0 Å². The molecule has 28 heavy (non-hydrogen) atoms. The van der Waals surface area contributed by atoms with E-state index in [4.69, 9.17) is 0 Å². The molecule has 8 heteroatoms. The zero-order valence-corrected chi connectivity index (χ0v) is 19.8. The van der Waals surface area contributed by atoms with Gasteiger partial charge in [-0.2, -0.15) is 4.37 Å². The van der Waals surface area contributed by atoms with Gasteiger partial charge >= 0.3 is 0 Å². The fourth-order valence-corrected chi connectivity index (χ4v) is 4.68. The zero-order chi connectivity index (χ0) is 18.6. The van der Waals surface area contributed by atoms with Gasteiger partial charge in [0.05, 0.1) is 0 Å². The lowest BCUT2D eigenvalue weighted by Crippen LogP contribution is -2.52. The Kier molecular flexibility index (Phi) is 7.50. The minimum atomic E-state index is 0. The first-order valence-electron chi connectivity index (χ1n) is 9.90. The van der Waals surface area contributed by atoms with E-state index in [0.29, 0.717) is 0 Å². The molecular weight excluding hydrogens is 483 g/mol. The Morgan fingerprint density at radius 1 is 1.18 bits per heavy atom. The molecule has 6 nitrogen and oxygen atoms in total. The summed E-state index contributed by atoms with van der Waals surface area (Å²) in [7, 11) is 1.87. The van der Waals surface area contributed by atoms with Crippen LogP contribution in [0.5, 0.6) is 0 Å². The number of piperazine rings is 1. The molecule has 0 unspecified atom stereocenters. The van der Waals surface area contributed by atoms with Crippen molar-refractivity contribution in [3.8, 4) is 0 Å². The molecule has 0 bridgehead atoms.